The SMILES string of the molecule is Cc1c(Cl)cc(S(=O)(=O)Oc2cccc3cccnc23)cc1[N+](=O)[O-]. The highest BCUT2D eigenvalue weighted by Gasteiger charge is 2.24. The van der Waals surface area contributed by atoms with Crippen molar-refractivity contribution in [2.75, 3.05) is 0 Å². The van der Waals surface area contributed by atoms with Gasteiger partial charge in [-0.2, -0.15) is 8.42 Å². The van der Waals surface area contributed by atoms with Crippen molar-refractivity contribution in [3.05, 3.63) is 69.4 Å². The fourth-order valence-electron chi connectivity index (χ4n) is 2.28. The number of halogens is 1. The molecule has 0 saturated heterocycles. The van der Waals surface area contributed by atoms with Crippen LogP contribution in [-0.2, 0) is 10.1 Å². The van der Waals surface area contributed by atoms with E-state index in [2.05, 4.69) is 4.98 Å². The van der Waals surface area contributed by atoms with Gasteiger partial charge in [0.15, 0.2) is 5.75 Å². The van der Waals surface area contributed by atoms with Crippen LogP contribution in [0.5, 0.6) is 5.75 Å². The van der Waals surface area contributed by atoms with Crippen LogP contribution in [0.4, 0.5) is 5.69 Å². The molecule has 1 heterocycles. The molecule has 0 aliphatic carbocycles. The zero-order chi connectivity index (χ0) is 18.2. The number of nitro groups is 1. The number of para-hydroxylation sites is 1. The number of nitro benzene ring substituents is 1. The van der Waals surface area contributed by atoms with Crippen LogP contribution < -0.4 is 4.18 Å². The number of benzene rings is 2. The summed E-state index contributed by atoms with van der Waals surface area (Å²) in [6.07, 6.45) is 1.51. The zero-order valence-electron chi connectivity index (χ0n) is 12.8. The molecular weight excluding hydrogens is 368 g/mol. The molecule has 0 aliphatic heterocycles. The van der Waals surface area contributed by atoms with Gasteiger partial charge < -0.3 is 4.18 Å². The van der Waals surface area contributed by atoms with Gasteiger partial charge in [0.25, 0.3) is 5.69 Å². The van der Waals surface area contributed by atoms with Crippen LogP contribution in [0.15, 0.2) is 53.6 Å². The van der Waals surface area contributed by atoms with Gasteiger partial charge in [0.1, 0.15) is 10.4 Å². The maximum Gasteiger partial charge on any atom is 0.339 e. The van der Waals surface area contributed by atoms with Crippen LogP contribution in [0, 0.1) is 17.0 Å². The summed E-state index contributed by atoms with van der Waals surface area (Å²) in [5.74, 6) is 0.0254. The Morgan fingerprint density at radius 3 is 2.64 bits per heavy atom. The number of hydrogen-bond donors (Lipinski definition) is 0. The molecule has 25 heavy (non-hydrogen) atoms. The Bertz CT molecular complexity index is 1090. The van der Waals surface area contributed by atoms with E-state index in [1.807, 2.05) is 0 Å². The van der Waals surface area contributed by atoms with Gasteiger partial charge >= 0.3 is 10.1 Å². The highest BCUT2D eigenvalue weighted by atomic mass is 35.5. The van der Waals surface area contributed by atoms with Crippen LogP contribution in [0.2, 0.25) is 5.02 Å². The average molecular weight is 379 g/mol. The molecule has 1 aromatic heterocycles. The van der Waals surface area contributed by atoms with Gasteiger partial charge in [-0.3, -0.25) is 15.1 Å². The Hall–Kier alpha value is -2.71. The minimum atomic E-state index is -4.33. The number of fused-ring (bicyclic) bond motifs is 1. The maximum atomic E-state index is 12.6. The molecule has 2 aromatic carbocycles. The second-order valence-electron chi connectivity index (χ2n) is 5.18. The lowest BCUT2D eigenvalue weighted by Gasteiger charge is -2.10. The van der Waals surface area contributed by atoms with E-state index in [4.69, 9.17) is 15.8 Å². The fourth-order valence-corrected chi connectivity index (χ4v) is 3.55. The molecule has 0 amide bonds. The quantitative estimate of drug-likeness (QED) is 0.388. The van der Waals surface area contributed by atoms with E-state index in [-0.39, 0.29) is 16.3 Å². The highest BCUT2D eigenvalue weighted by Crippen LogP contribution is 2.32. The largest absolute Gasteiger partial charge is 0.377 e. The standard InChI is InChI=1S/C16H11ClN2O5S/c1-10-13(17)8-12(9-14(10)19(20)21)25(22,23)24-15-6-2-4-11-5-3-7-18-16(11)15/h2-9H,1H3. The van der Waals surface area contributed by atoms with Gasteiger partial charge in [0, 0.05) is 23.2 Å². The van der Waals surface area contributed by atoms with E-state index in [1.165, 1.54) is 19.2 Å². The summed E-state index contributed by atoms with van der Waals surface area (Å²) >= 11 is 5.93. The van der Waals surface area contributed by atoms with E-state index in [0.29, 0.717) is 10.9 Å². The van der Waals surface area contributed by atoms with Gasteiger partial charge in [-0.15, -0.1) is 0 Å². The predicted molar refractivity (Wildman–Crippen MR) is 92.4 cm³/mol. The Balaban J connectivity index is 2.10. The van der Waals surface area contributed by atoms with E-state index < -0.39 is 25.6 Å². The molecule has 3 aromatic rings. The van der Waals surface area contributed by atoms with Crippen molar-refractivity contribution in [2.45, 2.75) is 11.8 Å². The molecule has 0 aliphatic rings. The smallest absolute Gasteiger partial charge is 0.339 e. The third-order valence-corrected chi connectivity index (χ3v) is 5.18. The molecule has 0 fully saturated rings. The van der Waals surface area contributed by atoms with Crippen molar-refractivity contribution in [2.24, 2.45) is 0 Å². The first kappa shape index (κ1) is 17.1. The molecular formula is C16H11ClN2O5S. The Labute approximate surface area is 148 Å². The molecule has 3 rings (SSSR count). The highest BCUT2D eigenvalue weighted by molar-refractivity contribution is 7.87. The van der Waals surface area contributed by atoms with Crippen molar-refractivity contribution in [3.8, 4) is 5.75 Å². The lowest BCUT2D eigenvalue weighted by molar-refractivity contribution is -0.385. The van der Waals surface area contributed by atoms with Gasteiger partial charge in [-0.05, 0) is 25.1 Å². The van der Waals surface area contributed by atoms with Crippen molar-refractivity contribution in [3.63, 3.8) is 0 Å². The number of rotatable bonds is 4. The summed E-state index contributed by atoms with van der Waals surface area (Å²) in [4.78, 5) is 14.1. The molecule has 128 valence electrons. The number of pyridine rings is 1. The van der Waals surface area contributed by atoms with Gasteiger partial charge in [0.05, 0.1) is 9.95 Å². The summed E-state index contributed by atoms with van der Waals surface area (Å²) in [5, 5.41) is 11.8. The van der Waals surface area contributed by atoms with Gasteiger partial charge in [-0.25, -0.2) is 0 Å². The number of nitrogens with zero attached hydrogens (tertiary/aromatic N) is 2. The summed E-state index contributed by atoms with van der Waals surface area (Å²) in [5.41, 5.74) is 0.143. The first-order valence-corrected chi connectivity index (χ1v) is 8.81. The molecule has 0 atom stereocenters. The van der Waals surface area contributed by atoms with E-state index in [1.54, 1.807) is 24.3 Å². The Kier molecular flexibility index (Phi) is 4.32. The lowest BCUT2D eigenvalue weighted by atomic mass is 10.2. The van der Waals surface area contributed by atoms with E-state index in [0.717, 1.165) is 12.1 Å². The molecule has 0 unspecified atom stereocenters. The monoisotopic (exact) mass is 378 g/mol. The summed E-state index contributed by atoms with van der Waals surface area (Å²) in [7, 11) is -4.33. The van der Waals surface area contributed by atoms with Crippen molar-refractivity contribution < 1.29 is 17.5 Å². The third-order valence-electron chi connectivity index (χ3n) is 3.57. The zero-order valence-corrected chi connectivity index (χ0v) is 14.4. The first-order chi connectivity index (χ1) is 11.8. The Morgan fingerprint density at radius 2 is 1.92 bits per heavy atom. The van der Waals surface area contributed by atoms with Crippen LogP contribution in [-0.4, -0.2) is 18.3 Å². The van der Waals surface area contributed by atoms with E-state index >= 15 is 0 Å². The number of aromatic nitrogens is 1. The fraction of sp³-hybridized carbons (Fsp3) is 0.0625. The summed E-state index contributed by atoms with van der Waals surface area (Å²) < 4.78 is 30.3. The van der Waals surface area contributed by atoms with Gasteiger partial charge in [-0.1, -0.05) is 29.8 Å². The van der Waals surface area contributed by atoms with Crippen LogP contribution in [0.3, 0.4) is 0 Å². The minimum Gasteiger partial charge on any atom is -0.377 e. The molecule has 0 spiro atoms. The van der Waals surface area contributed by atoms with Crippen LogP contribution >= 0.6 is 11.6 Å². The average Bonchev–Trinajstić information content (AvgIpc) is 2.57. The molecule has 0 saturated carbocycles. The predicted octanol–water partition coefficient (Wildman–Crippen LogP) is 3.87. The van der Waals surface area contributed by atoms with Gasteiger partial charge in [0.2, 0.25) is 0 Å². The normalized spacial score (nSPS) is 11.4. The molecule has 0 radical (unpaired) electrons. The third kappa shape index (κ3) is 3.26. The Morgan fingerprint density at radius 1 is 1.20 bits per heavy atom. The molecule has 9 heteroatoms. The topological polar surface area (TPSA) is 99.4 Å². The summed E-state index contributed by atoms with van der Waals surface area (Å²) in [6, 6.07) is 10.4. The van der Waals surface area contributed by atoms with Crippen LogP contribution in [0.1, 0.15) is 5.56 Å². The lowest BCUT2D eigenvalue weighted by Crippen LogP contribution is -2.11. The summed E-state index contributed by atoms with van der Waals surface area (Å²) in [6.45, 7) is 1.44. The van der Waals surface area contributed by atoms with Crippen LogP contribution in [0.25, 0.3) is 10.9 Å². The van der Waals surface area contributed by atoms with Crippen molar-refractivity contribution >= 4 is 38.3 Å². The second-order valence-corrected chi connectivity index (χ2v) is 7.13. The van der Waals surface area contributed by atoms with E-state index in [9.17, 15) is 18.5 Å². The molecule has 7 nitrogen and oxygen atoms in total. The maximum absolute atomic E-state index is 12.6. The second kappa shape index (κ2) is 6.30. The van der Waals surface area contributed by atoms with Crippen molar-refractivity contribution in [1.29, 1.82) is 0 Å². The minimum absolute atomic E-state index is 0.0254. The van der Waals surface area contributed by atoms with Crippen molar-refractivity contribution in [1.82, 2.24) is 4.98 Å². The number of hydrogen-bond acceptors (Lipinski definition) is 6. The molecule has 0 N–H and O–H groups in total. The molecule has 0 bridgehead atoms. The first-order valence-electron chi connectivity index (χ1n) is 7.02.